The largest absolute Gasteiger partial charge is 0.316 e. The van der Waals surface area contributed by atoms with Crippen LogP contribution in [0.2, 0.25) is 5.02 Å². The smallest absolute Gasteiger partial charge is 0.143 e. The van der Waals surface area contributed by atoms with Crippen molar-refractivity contribution in [2.24, 2.45) is 5.92 Å². The molecule has 0 radical (unpaired) electrons. The van der Waals surface area contributed by atoms with Gasteiger partial charge in [-0.3, -0.25) is 9.78 Å². The number of nitrogens with zero attached hydrogens (tertiary/aromatic N) is 1. The molecule has 4 heteroatoms. The Morgan fingerprint density at radius 1 is 1.12 bits per heavy atom. The van der Waals surface area contributed by atoms with Crippen LogP contribution in [-0.4, -0.2) is 23.9 Å². The first-order valence-corrected chi connectivity index (χ1v) is 8.97. The number of hydrogen-bond acceptors (Lipinski definition) is 3. The Kier molecular flexibility index (Phi) is 6.00. The molecule has 0 saturated carbocycles. The summed E-state index contributed by atoms with van der Waals surface area (Å²) >= 11 is 5.81. The highest BCUT2D eigenvalue weighted by Crippen LogP contribution is 2.16. The number of pyridine rings is 1. The molecule has 1 fully saturated rings. The van der Waals surface area contributed by atoms with E-state index in [4.69, 9.17) is 11.6 Å². The molecule has 126 valence electrons. The third-order valence-electron chi connectivity index (χ3n) is 4.59. The Morgan fingerprint density at radius 3 is 2.58 bits per heavy atom. The molecule has 1 aromatic heterocycles. The fraction of sp³-hybridized carbons (Fsp3) is 0.400. The van der Waals surface area contributed by atoms with E-state index in [9.17, 15) is 4.79 Å². The Morgan fingerprint density at radius 2 is 1.92 bits per heavy atom. The van der Waals surface area contributed by atoms with E-state index in [-0.39, 0.29) is 5.78 Å². The molecule has 1 N–H and O–H groups in total. The topological polar surface area (TPSA) is 42.0 Å². The summed E-state index contributed by atoms with van der Waals surface area (Å²) in [7, 11) is 0. The first-order chi connectivity index (χ1) is 11.7. The summed E-state index contributed by atoms with van der Waals surface area (Å²) in [6.45, 7) is 2.32. The molecule has 1 saturated heterocycles. The molecule has 3 rings (SSSR count). The van der Waals surface area contributed by atoms with Gasteiger partial charge < -0.3 is 5.32 Å². The molecule has 1 aliphatic rings. The predicted molar refractivity (Wildman–Crippen MR) is 97.4 cm³/mol. The molecule has 0 aliphatic carbocycles. The van der Waals surface area contributed by atoms with Crippen molar-refractivity contribution >= 4 is 17.4 Å². The number of aryl methyl sites for hydroxylation is 1. The fourth-order valence-electron chi connectivity index (χ4n) is 3.16. The van der Waals surface area contributed by atoms with Gasteiger partial charge in [0.15, 0.2) is 0 Å². The van der Waals surface area contributed by atoms with Crippen molar-refractivity contribution in [2.75, 3.05) is 13.1 Å². The van der Waals surface area contributed by atoms with Gasteiger partial charge in [0.25, 0.3) is 0 Å². The van der Waals surface area contributed by atoms with E-state index in [0.717, 1.165) is 36.7 Å². The molecule has 1 aromatic carbocycles. The molecule has 2 heterocycles. The summed E-state index contributed by atoms with van der Waals surface area (Å²) in [5, 5.41) is 4.01. The molecule has 1 unspecified atom stereocenters. The zero-order valence-electron chi connectivity index (χ0n) is 13.8. The van der Waals surface area contributed by atoms with Crippen molar-refractivity contribution in [2.45, 2.75) is 32.1 Å². The molecule has 24 heavy (non-hydrogen) atoms. The third-order valence-corrected chi connectivity index (χ3v) is 4.82. The molecule has 1 atom stereocenters. The Hall–Kier alpha value is -1.71. The standard InChI is InChI=1S/C20H23ClN2O/c21-18-7-8-19(23-14-18)12-20(24)11-16-4-1-15(2-5-16)3-6-17-9-10-22-13-17/h1-2,4-5,7-8,14,17,22H,3,6,9-13H2. The van der Waals surface area contributed by atoms with Crippen LogP contribution in [0.15, 0.2) is 42.6 Å². The lowest BCUT2D eigenvalue weighted by Gasteiger charge is -2.08. The average molecular weight is 343 g/mol. The van der Waals surface area contributed by atoms with Crippen LogP contribution < -0.4 is 5.32 Å². The molecule has 1 aliphatic heterocycles. The number of aromatic nitrogens is 1. The number of rotatable bonds is 7. The van der Waals surface area contributed by atoms with Crippen LogP contribution >= 0.6 is 11.6 Å². The second-order valence-corrected chi connectivity index (χ2v) is 7.01. The second kappa shape index (κ2) is 8.41. The van der Waals surface area contributed by atoms with E-state index in [0.29, 0.717) is 17.9 Å². The molecule has 0 amide bonds. The van der Waals surface area contributed by atoms with Crippen molar-refractivity contribution in [1.82, 2.24) is 10.3 Å². The zero-order valence-corrected chi connectivity index (χ0v) is 14.6. The summed E-state index contributed by atoms with van der Waals surface area (Å²) in [4.78, 5) is 16.3. The van der Waals surface area contributed by atoms with Crippen LogP contribution in [0.1, 0.15) is 29.7 Å². The summed E-state index contributed by atoms with van der Waals surface area (Å²) in [6, 6.07) is 12.1. The second-order valence-electron chi connectivity index (χ2n) is 6.57. The van der Waals surface area contributed by atoms with Crippen molar-refractivity contribution in [3.05, 3.63) is 64.4 Å². The van der Waals surface area contributed by atoms with Crippen LogP contribution in [-0.2, 0) is 24.1 Å². The predicted octanol–water partition coefficient (Wildman–Crippen LogP) is 3.63. The Labute approximate surface area is 148 Å². The lowest BCUT2D eigenvalue weighted by Crippen LogP contribution is -2.09. The quantitative estimate of drug-likeness (QED) is 0.835. The summed E-state index contributed by atoms with van der Waals surface area (Å²) in [6.07, 6.45) is 6.05. The SMILES string of the molecule is O=C(Cc1ccc(CCC2CCNC2)cc1)Cc1ccc(Cl)cn1. The number of carbonyl (C=O) groups excluding carboxylic acids is 1. The summed E-state index contributed by atoms with van der Waals surface area (Å²) < 4.78 is 0. The van der Waals surface area contributed by atoms with Crippen LogP contribution in [0.3, 0.4) is 0 Å². The molecule has 0 bridgehead atoms. The zero-order chi connectivity index (χ0) is 16.8. The molecule has 3 nitrogen and oxygen atoms in total. The van der Waals surface area contributed by atoms with Gasteiger partial charge in [0.2, 0.25) is 0 Å². The van der Waals surface area contributed by atoms with Gasteiger partial charge in [-0.1, -0.05) is 35.9 Å². The van der Waals surface area contributed by atoms with Crippen molar-refractivity contribution in [1.29, 1.82) is 0 Å². The van der Waals surface area contributed by atoms with Crippen molar-refractivity contribution in [3.8, 4) is 0 Å². The number of benzene rings is 1. The summed E-state index contributed by atoms with van der Waals surface area (Å²) in [5.41, 5.74) is 3.20. The van der Waals surface area contributed by atoms with E-state index in [1.165, 1.54) is 18.4 Å². The van der Waals surface area contributed by atoms with Gasteiger partial charge in [0.05, 0.1) is 5.02 Å². The van der Waals surface area contributed by atoms with E-state index >= 15 is 0 Å². The number of carbonyl (C=O) groups is 1. The van der Waals surface area contributed by atoms with E-state index < -0.39 is 0 Å². The highest BCUT2D eigenvalue weighted by Gasteiger charge is 2.14. The Balaban J connectivity index is 1.47. The maximum atomic E-state index is 12.2. The lowest BCUT2D eigenvalue weighted by atomic mass is 9.97. The maximum Gasteiger partial charge on any atom is 0.143 e. The number of Topliss-reactive ketones (excluding diaryl/α,β-unsaturated/α-hetero) is 1. The number of ketones is 1. The average Bonchev–Trinajstić information content (AvgIpc) is 3.10. The van der Waals surface area contributed by atoms with E-state index in [1.807, 2.05) is 0 Å². The van der Waals surface area contributed by atoms with Gasteiger partial charge in [-0.05, 0) is 61.5 Å². The van der Waals surface area contributed by atoms with Crippen molar-refractivity contribution < 1.29 is 4.79 Å². The minimum absolute atomic E-state index is 0.176. The minimum Gasteiger partial charge on any atom is -0.316 e. The number of hydrogen-bond donors (Lipinski definition) is 1. The van der Waals surface area contributed by atoms with Gasteiger partial charge in [-0.25, -0.2) is 0 Å². The first-order valence-electron chi connectivity index (χ1n) is 8.60. The normalized spacial score (nSPS) is 17.1. The lowest BCUT2D eigenvalue weighted by molar-refractivity contribution is -0.117. The summed E-state index contributed by atoms with van der Waals surface area (Å²) in [5.74, 6) is 0.993. The number of halogens is 1. The third kappa shape index (κ3) is 5.15. The van der Waals surface area contributed by atoms with Crippen LogP contribution in [0, 0.1) is 5.92 Å². The minimum atomic E-state index is 0.176. The number of nitrogens with one attached hydrogen (secondary N) is 1. The highest BCUT2D eigenvalue weighted by atomic mass is 35.5. The maximum absolute atomic E-state index is 12.2. The van der Waals surface area contributed by atoms with Crippen LogP contribution in [0.4, 0.5) is 0 Å². The first kappa shape index (κ1) is 17.1. The van der Waals surface area contributed by atoms with Crippen molar-refractivity contribution in [3.63, 3.8) is 0 Å². The molecular formula is C20H23ClN2O. The van der Waals surface area contributed by atoms with Crippen LogP contribution in [0.5, 0.6) is 0 Å². The van der Waals surface area contributed by atoms with Crippen LogP contribution in [0.25, 0.3) is 0 Å². The van der Waals surface area contributed by atoms with Gasteiger partial charge in [0.1, 0.15) is 5.78 Å². The molecule has 2 aromatic rings. The van der Waals surface area contributed by atoms with E-state index in [2.05, 4.69) is 34.6 Å². The molecule has 0 spiro atoms. The molecular weight excluding hydrogens is 320 g/mol. The van der Waals surface area contributed by atoms with Gasteiger partial charge >= 0.3 is 0 Å². The Bertz CT molecular complexity index is 661. The van der Waals surface area contributed by atoms with Gasteiger partial charge in [-0.2, -0.15) is 0 Å². The van der Waals surface area contributed by atoms with Gasteiger partial charge in [0, 0.05) is 24.7 Å². The van der Waals surface area contributed by atoms with E-state index in [1.54, 1.807) is 18.3 Å². The highest BCUT2D eigenvalue weighted by molar-refractivity contribution is 6.30. The van der Waals surface area contributed by atoms with Gasteiger partial charge in [-0.15, -0.1) is 0 Å². The monoisotopic (exact) mass is 342 g/mol. The fourth-order valence-corrected chi connectivity index (χ4v) is 3.27.